The van der Waals surface area contributed by atoms with Gasteiger partial charge in [-0.05, 0) is 25.0 Å². The van der Waals surface area contributed by atoms with E-state index >= 15 is 0 Å². The summed E-state index contributed by atoms with van der Waals surface area (Å²) in [5.41, 5.74) is -0.0619. The SMILES string of the molecule is CS(=O)C1(CNC(=O)C2=Cc3ccccc3OC2C(F)(F)F)CCC1. The van der Waals surface area contributed by atoms with Gasteiger partial charge in [-0.15, -0.1) is 0 Å². The number of carbonyl (C=O) groups is 1. The van der Waals surface area contributed by atoms with E-state index in [-0.39, 0.29) is 12.3 Å². The van der Waals surface area contributed by atoms with Crippen molar-refractivity contribution in [3.05, 3.63) is 35.4 Å². The molecule has 0 bridgehead atoms. The molecular weight excluding hydrogens is 355 g/mol. The van der Waals surface area contributed by atoms with E-state index in [1.54, 1.807) is 24.5 Å². The van der Waals surface area contributed by atoms with E-state index in [2.05, 4.69) is 5.32 Å². The number of amides is 1. The van der Waals surface area contributed by atoms with Crippen LogP contribution in [0.1, 0.15) is 24.8 Å². The van der Waals surface area contributed by atoms with Gasteiger partial charge in [0.15, 0.2) is 0 Å². The standard InChI is InChI=1S/C17H18F3NO3S/c1-25(23)16(7-4-8-16)10-21-15(22)12-9-11-5-2-3-6-13(11)24-14(12)17(18,19)20/h2-3,5-6,9,14H,4,7-8,10H2,1H3,(H,21,22). The number of hydrogen-bond acceptors (Lipinski definition) is 3. The van der Waals surface area contributed by atoms with Gasteiger partial charge in [0.05, 0.1) is 10.3 Å². The molecule has 1 N–H and O–H groups in total. The van der Waals surface area contributed by atoms with Gasteiger partial charge in [-0.2, -0.15) is 13.2 Å². The maximum Gasteiger partial charge on any atom is 0.429 e. The van der Waals surface area contributed by atoms with Gasteiger partial charge in [0, 0.05) is 29.2 Å². The molecule has 8 heteroatoms. The number of alkyl halides is 3. The van der Waals surface area contributed by atoms with Gasteiger partial charge in [-0.3, -0.25) is 9.00 Å². The quantitative estimate of drug-likeness (QED) is 0.883. The van der Waals surface area contributed by atoms with Crippen molar-refractivity contribution >= 4 is 22.8 Å². The van der Waals surface area contributed by atoms with Crippen molar-refractivity contribution in [1.82, 2.24) is 5.32 Å². The van der Waals surface area contributed by atoms with E-state index in [1.807, 2.05) is 0 Å². The number of rotatable bonds is 4. The lowest BCUT2D eigenvalue weighted by atomic mass is 9.84. The second-order valence-electron chi connectivity index (χ2n) is 6.35. The zero-order chi connectivity index (χ0) is 18.2. The van der Waals surface area contributed by atoms with Crippen molar-refractivity contribution in [2.45, 2.75) is 36.3 Å². The minimum absolute atomic E-state index is 0.0894. The van der Waals surface area contributed by atoms with Crippen LogP contribution in [0.4, 0.5) is 13.2 Å². The van der Waals surface area contributed by atoms with Gasteiger partial charge in [-0.1, -0.05) is 24.6 Å². The van der Waals surface area contributed by atoms with Gasteiger partial charge >= 0.3 is 6.18 Å². The second-order valence-corrected chi connectivity index (χ2v) is 8.12. The molecule has 1 aliphatic carbocycles. The summed E-state index contributed by atoms with van der Waals surface area (Å²) >= 11 is 0. The van der Waals surface area contributed by atoms with Crippen LogP contribution in [0.2, 0.25) is 0 Å². The molecule has 2 unspecified atom stereocenters. The molecule has 4 nitrogen and oxygen atoms in total. The highest BCUT2D eigenvalue weighted by molar-refractivity contribution is 7.85. The molecule has 0 spiro atoms. The normalized spacial score (nSPS) is 22.7. The lowest BCUT2D eigenvalue weighted by molar-refractivity contribution is -0.185. The van der Waals surface area contributed by atoms with Crippen LogP contribution in [0, 0.1) is 0 Å². The van der Waals surface area contributed by atoms with Crippen molar-refractivity contribution in [1.29, 1.82) is 0 Å². The molecule has 1 saturated carbocycles. The number of fused-ring (bicyclic) bond motifs is 1. The van der Waals surface area contributed by atoms with E-state index in [1.165, 1.54) is 12.1 Å². The summed E-state index contributed by atoms with van der Waals surface area (Å²) in [6.45, 7) is 0.0957. The molecule has 0 aromatic heterocycles. The van der Waals surface area contributed by atoms with E-state index in [4.69, 9.17) is 4.74 Å². The minimum atomic E-state index is -4.71. The average Bonchev–Trinajstić information content (AvgIpc) is 2.51. The lowest BCUT2D eigenvalue weighted by Gasteiger charge is -2.40. The van der Waals surface area contributed by atoms with Crippen LogP contribution in [-0.2, 0) is 15.6 Å². The van der Waals surface area contributed by atoms with E-state index in [9.17, 15) is 22.2 Å². The smallest absolute Gasteiger partial charge is 0.429 e. The Morgan fingerprint density at radius 2 is 2.04 bits per heavy atom. The number of ether oxygens (including phenoxy) is 1. The molecule has 1 amide bonds. The Balaban J connectivity index is 1.83. The predicted molar refractivity (Wildman–Crippen MR) is 88.5 cm³/mol. The number of hydrogen-bond donors (Lipinski definition) is 1. The molecule has 0 saturated heterocycles. The third-order valence-corrected chi connectivity index (χ3v) is 6.53. The molecule has 136 valence electrons. The number of para-hydroxylation sites is 1. The monoisotopic (exact) mass is 373 g/mol. The first-order valence-electron chi connectivity index (χ1n) is 7.89. The number of carbonyl (C=O) groups excluding carboxylic acids is 1. The minimum Gasteiger partial charge on any atom is -0.475 e. The zero-order valence-corrected chi connectivity index (χ0v) is 14.4. The van der Waals surface area contributed by atoms with Gasteiger partial charge in [-0.25, -0.2) is 0 Å². The van der Waals surface area contributed by atoms with E-state index in [0.717, 1.165) is 6.42 Å². The Hall–Kier alpha value is -1.83. The molecule has 2 atom stereocenters. The maximum atomic E-state index is 13.3. The topological polar surface area (TPSA) is 55.4 Å². The zero-order valence-electron chi connectivity index (χ0n) is 13.6. The molecule has 3 rings (SSSR count). The van der Waals surface area contributed by atoms with Crippen LogP contribution in [0.3, 0.4) is 0 Å². The molecular formula is C17H18F3NO3S. The first-order chi connectivity index (χ1) is 11.7. The van der Waals surface area contributed by atoms with Gasteiger partial charge in [0.1, 0.15) is 5.75 Å². The van der Waals surface area contributed by atoms with Gasteiger partial charge < -0.3 is 10.1 Å². The highest BCUT2D eigenvalue weighted by Gasteiger charge is 2.49. The molecule has 1 heterocycles. The largest absolute Gasteiger partial charge is 0.475 e. The van der Waals surface area contributed by atoms with Crippen LogP contribution >= 0.6 is 0 Å². The van der Waals surface area contributed by atoms with Crippen molar-refractivity contribution < 1.29 is 26.9 Å². The van der Waals surface area contributed by atoms with Crippen LogP contribution < -0.4 is 10.1 Å². The Kier molecular flexibility index (Phi) is 4.66. The molecule has 1 fully saturated rings. The van der Waals surface area contributed by atoms with Crippen LogP contribution in [-0.4, -0.2) is 39.9 Å². The van der Waals surface area contributed by atoms with Crippen molar-refractivity contribution in [2.24, 2.45) is 0 Å². The molecule has 2 aliphatic rings. The molecule has 1 aromatic carbocycles. The first kappa shape index (κ1) is 18.0. The highest BCUT2D eigenvalue weighted by Crippen LogP contribution is 2.38. The summed E-state index contributed by atoms with van der Waals surface area (Å²) in [5.74, 6) is -0.750. The molecule has 1 aromatic rings. The van der Waals surface area contributed by atoms with E-state index in [0.29, 0.717) is 18.4 Å². The van der Waals surface area contributed by atoms with Gasteiger partial charge in [0.2, 0.25) is 6.10 Å². The lowest BCUT2D eigenvalue weighted by Crippen LogP contribution is -2.52. The Bertz CT molecular complexity index is 741. The molecule has 25 heavy (non-hydrogen) atoms. The summed E-state index contributed by atoms with van der Waals surface area (Å²) in [5, 5.41) is 2.53. The Morgan fingerprint density at radius 3 is 2.60 bits per heavy atom. The average molecular weight is 373 g/mol. The van der Waals surface area contributed by atoms with Gasteiger partial charge in [0.25, 0.3) is 5.91 Å². The maximum absolute atomic E-state index is 13.3. The summed E-state index contributed by atoms with van der Waals surface area (Å²) in [7, 11) is -1.15. The fraction of sp³-hybridized carbons (Fsp3) is 0.471. The number of benzene rings is 1. The highest BCUT2D eigenvalue weighted by atomic mass is 32.2. The fourth-order valence-corrected chi connectivity index (χ4v) is 4.19. The first-order valence-corrected chi connectivity index (χ1v) is 9.44. The second kappa shape index (κ2) is 6.48. The van der Waals surface area contributed by atoms with Crippen LogP contribution in [0.25, 0.3) is 6.08 Å². The third kappa shape index (κ3) is 3.44. The summed E-state index contributed by atoms with van der Waals surface area (Å²) < 4.78 is 56.4. The number of nitrogens with one attached hydrogen (secondary N) is 1. The van der Waals surface area contributed by atoms with Crippen molar-refractivity contribution in [2.75, 3.05) is 12.8 Å². The van der Waals surface area contributed by atoms with Crippen LogP contribution in [0.15, 0.2) is 29.8 Å². The van der Waals surface area contributed by atoms with E-state index < -0.39 is 39.3 Å². The fourth-order valence-electron chi connectivity index (χ4n) is 3.05. The van der Waals surface area contributed by atoms with Crippen molar-refractivity contribution in [3.63, 3.8) is 0 Å². The number of halogens is 3. The summed E-state index contributed by atoms with van der Waals surface area (Å²) in [4.78, 5) is 12.4. The molecule has 1 aliphatic heterocycles. The molecule has 0 radical (unpaired) electrons. The van der Waals surface area contributed by atoms with Crippen LogP contribution in [0.5, 0.6) is 5.75 Å². The predicted octanol–water partition coefficient (Wildman–Crippen LogP) is 2.81. The van der Waals surface area contributed by atoms with Crippen molar-refractivity contribution in [3.8, 4) is 5.75 Å². The third-order valence-electron chi connectivity index (χ3n) is 4.76. The Labute approximate surface area is 145 Å². The Morgan fingerprint density at radius 1 is 1.36 bits per heavy atom. The summed E-state index contributed by atoms with van der Waals surface area (Å²) in [6.07, 6.45) is -1.97. The summed E-state index contributed by atoms with van der Waals surface area (Å²) in [6, 6.07) is 6.25.